The van der Waals surface area contributed by atoms with E-state index in [1.807, 2.05) is 4.90 Å². The van der Waals surface area contributed by atoms with Gasteiger partial charge in [-0.1, -0.05) is 0 Å². The number of likely N-dealkylation sites (tertiary alicyclic amines) is 1. The molecule has 2 heterocycles. The number of piperidine rings is 1. The van der Waals surface area contributed by atoms with Crippen molar-refractivity contribution in [2.45, 2.75) is 51.3 Å². The Hall–Kier alpha value is -1.49. The van der Waals surface area contributed by atoms with Crippen molar-refractivity contribution in [1.82, 2.24) is 10.2 Å². The van der Waals surface area contributed by atoms with Gasteiger partial charge in [-0.05, 0) is 45.2 Å². The summed E-state index contributed by atoms with van der Waals surface area (Å²) in [6.45, 7) is 4.30. The van der Waals surface area contributed by atoms with Crippen molar-refractivity contribution in [3.05, 3.63) is 24.2 Å². The number of hydrogen-bond acceptors (Lipinski definition) is 3. The predicted molar refractivity (Wildman–Crippen MR) is 71.7 cm³/mol. The topological polar surface area (TPSA) is 65.7 Å². The van der Waals surface area contributed by atoms with E-state index in [4.69, 9.17) is 4.42 Å². The molecule has 1 aromatic rings. The van der Waals surface area contributed by atoms with Crippen LogP contribution in [0.15, 0.2) is 22.8 Å². The molecule has 2 N–H and O–H groups in total. The van der Waals surface area contributed by atoms with Crippen molar-refractivity contribution in [1.29, 1.82) is 0 Å². The summed E-state index contributed by atoms with van der Waals surface area (Å²) in [6, 6.07) is 3.82. The van der Waals surface area contributed by atoms with Crippen LogP contribution in [0, 0.1) is 0 Å². The monoisotopic (exact) mass is 266 g/mol. The summed E-state index contributed by atoms with van der Waals surface area (Å²) in [5, 5.41) is 12.6. The average molecular weight is 266 g/mol. The molecule has 3 unspecified atom stereocenters. The largest absolute Gasteiger partial charge is 0.467 e. The summed E-state index contributed by atoms with van der Waals surface area (Å²) in [7, 11) is 0. The second kappa shape index (κ2) is 6.10. The quantitative estimate of drug-likeness (QED) is 0.882. The predicted octanol–water partition coefficient (Wildman–Crippen LogP) is 2.29. The van der Waals surface area contributed by atoms with Gasteiger partial charge in [-0.25, -0.2) is 4.79 Å². The smallest absolute Gasteiger partial charge is 0.317 e. The van der Waals surface area contributed by atoms with Crippen LogP contribution in [-0.2, 0) is 0 Å². The number of hydrogen-bond donors (Lipinski definition) is 2. The van der Waals surface area contributed by atoms with Gasteiger partial charge in [0, 0.05) is 12.1 Å². The van der Waals surface area contributed by atoms with E-state index < -0.39 is 6.10 Å². The molecule has 19 heavy (non-hydrogen) atoms. The first kappa shape index (κ1) is 13.9. The number of urea groups is 1. The highest BCUT2D eigenvalue weighted by atomic mass is 16.4. The van der Waals surface area contributed by atoms with Gasteiger partial charge in [-0.15, -0.1) is 0 Å². The molecular weight excluding hydrogens is 244 g/mol. The van der Waals surface area contributed by atoms with Crippen molar-refractivity contribution in [3.8, 4) is 0 Å². The van der Waals surface area contributed by atoms with Gasteiger partial charge in [0.1, 0.15) is 11.9 Å². The van der Waals surface area contributed by atoms with Crippen LogP contribution in [0.1, 0.15) is 45.0 Å². The minimum absolute atomic E-state index is 0.106. The van der Waals surface area contributed by atoms with Crippen LogP contribution >= 0.6 is 0 Å². The fraction of sp³-hybridized carbons (Fsp3) is 0.643. The minimum atomic E-state index is -0.797. The number of furan rings is 1. The fourth-order valence-electron chi connectivity index (χ4n) is 2.68. The Bertz CT molecular complexity index is 395. The third kappa shape index (κ3) is 3.29. The molecule has 1 fully saturated rings. The summed E-state index contributed by atoms with van der Waals surface area (Å²) in [5.74, 6) is 0.472. The summed E-state index contributed by atoms with van der Waals surface area (Å²) < 4.78 is 5.10. The zero-order chi connectivity index (χ0) is 13.8. The zero-order valence-electron chi connectivity index (χ0n) is 11.5. The van der Waals surface area contributed by atoms with E-state index >= 15 is 0 Å². The Morgan fingerprint density at radius 2 is 2.21 bits per heavy atom. The molecule has 5 heteroatoms. The van der Waals surface area contributed by atoms with Crippen molar-refractivity contribution in [2.24, 2.45) is 0 Å². The summed E-state index contributed by atoms with van der Waals surface area (Å²) in [6.07, 6.45) is 3.96. The first-order chi connectivity index (χ1) is 9.09. The lowest BCUT2D eigenvalue weighted by Gasteiger charge is -2.39. The van der Waals surface area contributed by atoms with Crippen molar-refractivity contribution < 1.29 is 14.3 Å². The molecule has 5 nitrogen and oxygen atoms in total. The summed E-state index contributed by atoms with van der Waals surface area (Å²) in [5.41, 5.74) is 0. The van der Waals surface area contributed by atoms with Crippen molar-refractivity contribution in [2.75, 3.05) is 6.54 Å². The number of carbonyl (C=O) groups is 1. The Balaban J connectivity index is 1.86. The molecule has 1 aliphatic heterocycles. The van der Waals surface area contributed by atoms with E-state index in [1.165, 1.54) is 12.7 Å². The molecule has 0 radical (unpaired) electrons. The highest BCUT2D eigenvalue weighted by molar-refractivity contribution is 5.75. The maximum absolute atomic E-state index is 12.2. The number of amides is 2. The van der Waals surface area contributed by atoms with Gasteiger partial charge in [-0.3, -0.25) is 0 Å². The van der Waals surface area contributed by atoms with Gasteiger partial charge in [0.2, 0.25) is 0 Å². The van der Waals surface area contributed by atoms with Crippen molar-refractivity contribution in [3.63, 3.8) is 0 Å². The molecule has 0 aromatic carbocycles. The van der Waals surface area contributed by atoms with Gasteiger partial charge in [0.05, 0.1) is 12.8 Å². The van der Waals surface area contributed by atoms with Gasteiger partial charge < -0.3 is 19.7 Å². The van der Waals surface area contributed by atoms with Gasteiger partial charge in [0.15, 0.2) is 0 Å². The first-order valence-corrected chi connectivity index (χ1v) is 6.87. The minimum Gasteiger partial charge on any atom is -0.467 e. The molecular formula is C14H22N2O3. The molecule has 2 amide bonds. The Morgan fingerprint density at radius 1 is 1.53 bits per heavy atom. The third-order valence-corrected chi connectivity index (χ3v) is 3.75. The van der Waals surface area contributed by atoms with Gasteiger partial charge >= 0.3 is 6.03 Å². The first-order valence-electron chi connectivity index (χ1n) is 6.87. The fourth-order valence-corrected chi connectivity index (χ4v) is 2.68. The third-order valence-electron chi connectivity index (χ3n) is 3.75. The number of rotatable bonds is 3. The van der Waals surface area contributed by atoms with E-state index in [2.05, 4.69) is 19.2 Å². The average Bonchev–Trinajstić information content (AvgIpc) is 2.89. The Morgan fingerprint density at radius 3 is 2.79 bits per heavy atom. The molecule has 1 saturated heterocycles. The Kier molecular flexibility index (Phi) is 4.47. The highest BCUT2D eigenvalue weighted by Crippen LogP contribution is 2.22. The molecule has 0 saturated carbocycles. The van der Waals surface area contributed by atoms with Gasteiger partial charge in [0.25, 0.3) is 0 Å². The molecule has 0 spiro atoms. The van der Waals surface area contributed by atoms with E-state index in [0.29, 0.717) is 5.76 Å². The van der Waals surface area contributed by atoms with Crippen LogP contribution in [-0.4, -0.2) is 34.7 Å². The standard InChI is InChI=1S/C14H22N2O3/c1-10-5-3-6-11(2)16(10)14(18)15-9-12(17)13-7-4-8-19-13/h4,7-8,10-12,17H,3,5-6,9H2,1-2H3,(H,15,18). The second-order valence-electron chi connectivity index (χ2n) is 5.25. The van der Waals surface area contributed by atoms with Gasteiger partial charge in [-0.2, -0.15) is 0 Å². The molecule has 3 atom stereocenters. The van der Waals surface area contributed by atoms with E-state index in [9.17, 15) is 9.90 Å². The van der Waals surface area contributed by atoms with Crippen LogP contribution in [0.3, 0.4) is 0 Å². The molecule has 106 valence electrons. The lowest BCUT2D eigenvalue weighted by molar-refractivity contribution is 0.111. The van der Waals surface area contributed by atoms with Crippen LogP contribution in [0.2, 0.25) is 0 Å². The zero-order valence-corrected chi connectivity index (χ0v) is 11.5. The van der Waals surface area contributed by atoms with Crippen LogP contribution < -0.4 is 5.32 Å². The normalized spacial score (nSPS) is 25.1. The van der Waals surface area contributed by atoms with E-state index in [-0.39, 0.29) is 24.7 Å². The maximum Gasteiger partial charge on any atom is 0.317 e. The Labute approximate surface area is 113 Å². The lowest BCUT2D eigenvalue weighted by Crippen LogP contribution is -2.52. The maximum atomic E-state index is 12.2. The second-order valence-corrected chi connectivity index (χ2v) is 5.25. The van der Waals surface area contributed by atoms with Crippen LogP contribution in [0.25, 0.3) is 0 Å². The van der Waals surface area contributed by atoms with E-state index in [1.54, 1.807) is 12.1 Å². The van der Waals surface area contributed by atoms with Crippen LogP contribution in [0.5, 0.6) is 0 Å². The lowest BCUT2D eigenvalue weighted by atomic mass is 9.98. The number of aliphatic hydroxyl groups excluding tert-OH is 1. The molecule has 0 bridgehead atoms. The SMILES string of the molecule is CC1CCCC(C)N1C(=O)NCC(O)c1ccco1. The number of aliphatic hydroxyl groups is 1. The van der Waals surface area contributed by atoms with Crippen molar-refractivity contribution >= 4 is 6.03 Å². The van der Waals surface area contributed by atoms with E-state index in [0.717, 1.165) is 12.8 Å². The molecule has 1 aromatic heterocycles. The number of nitrogens with one attached hydrogen (secondary N) is 1. The molecule has 1 aliphatic rings. The molecule has 0 aliphatic carbocycles. The van der Waals surface area contributed by atoms with Crippen LogP contribution in [0.4, 0.5) is 4.79 Å². The number of carbonyl (C=O) groups excluding carboxylic acids is 1. The highest BCUT2D eigenvalue weighted by Gasteiger charge is 2.29. The molecule has 2 rings (SSSR count). The number of nitrogens with zero attached hydrogens (tertiary/aromatic N) is 1. The summed E-state index contributed by atoms with van der Waals surface area (Å²) in [4.78, 5) is 14.0. The summed E-state index contributed by atoms with van der Waals surface area (Å²) >= 11 is 0.